The number of rotatable bonds is 5. The van der Waals surface area contributed by atoms with E-state index in [9.17, 15) is 14.4 Å². The number of carbonyl (C=O) groups is 3. The van der Waals surface area contributed by atoms with Crippen LogP contribution in [0.2, 0.25) is 0 Å². The van der Waals surface area contributed by atoms with E-state index in [-0.39, 0.29) is 18.9 Å². The van der Waals surface area contributed by atoms with Gasteiger partial charge < -0.3 is 18.9 Å². The summed E-state index contributed by atoms with van der Waals surface area (Å²) in [6, 6.07) is 8.26. The Balaban J connectivity index is 1.74. The van der Waals surface area contributed by atoms with Gasteiger partial charge in [0.05, 0.1) is 13.2 Å². The molecule has 30 heavy (non-hydrogen) atoms. The third-order valence-electron chi connectivity index (χ3n) is 5.33. The quantitative estimate of drug-likeness (QED) is 0.507. The lowest BCUT2D eigenvalue weighted by Gasteiger charge is -2.21. The number of nitrogens with zero attached hydrogens (tertiary/aromatic N) is 1. The summed E-state index contributed by atoms with van der Waals surface area (Å²) in [5.74, 6) is 0.125. The molecule has 0 radical (unpaired) electrons. The first-order valence-electron chi connectivity index (χ1n) is 9.65. The van der Waals surface area contributed by atoms with Crippen molar-refractivity contribution in [3.05, 3.63) is 58.7 Å². The fourth-order valence-corrected chi connectivity index (χ4v) is 3.93. The van der Waals surface area contributed by atoms with Gasteiger partial charge >= 0.3 is 12.0 Å². The molecular weight excluding hydrogens is 388 g/mol. The van der Waals surface area contributed by atoms with Gasteiger partial charge in [0.1, 0.15) is 22.6 Å². The fraction of sp³-hybridized carbons (Fsp3) is 0.318. The van der Waals surface area contributed by atoms with Crippen LogP contribution in [0.1, 0.15) is 47.0 Å². The van der Waals surface area contributed by atoms with Crippen LogP contribution in [-0.2, 0) is 21.6 Å². The molecule has 0 bridgehead atoms. The van der Waals surface area contributed by atoms with E-state index in [0.717, 1.165) is 4.90 Å². The Labute approximate surface area is 172 Å². The van der Waals surface area contributed by atoms with Crippen molar-refractivity contribution in [3.63, 3.8) is 0 Å². The van der Waals surface area contributed by atoms with Gasteiger partial charge in [-0.2, -0.15) is 0 Å². The maximum atomic E-state index is 13.3. The second kappa shape index (κ2) is 7.05. The Morgan fingerprint density at radius 3 is 2.60 bits per heavy atom. The van der Waals surface area contributed by atoms with Crippen LogP contribution in [-0.4, -0.2) is 29.4 Å². The molecule has 1 unspecified atom stereocenters. The minimum Gasteiger partial charge on any atom is -0.466 e. The molecule has 1 fully saturated rings. The smallest absolute Gasteiger partial charge is 0.374 e. The van der Waals surface area contributed by atoms with Crippen LogP contribution in [0.3, 0.4) is 0 Å². The molecule has 2 aromatic heterocycles. The highest BCUT2D eigenvalue weighted by atomic mass is 16.5. The molecule has 3 heterocycles. The van der Waals surface area contributed by atoms with Crippen LogP contribution in [0.4, 0.5) is 4.79 Å². The average Bonchev–Trinajstić information content (AvgIpc) is 3.31. The largest absolute Gasteiger partial charge is 0.466 e. The molecule has 4 rings (SSSR count). The Hall–Kier alpha value is -3.55. The summed E-state index contributed by atoms with van der Waals surface area (Å²) in [5, 5.41) is 3.41. The molecule has 3 aromatic rings. The number of imide groups is 1. The van der Waals surface area contributed by atoms with Crippen LogP contribution in [0, 0.1) is 13.8 Å². The molecule has 1 N–H and O–H groups in total. The van der Waals surface area contributed by atoms with Gasteiger partial charge in [0.25, 0.3) is 5.91 Å². The van der Waals surface area contributed by atoms with Crippen molar-refractivity contribution in [2.75, 3.05) is 6.61 Å². The van der Waals surface area contributed by atoms with Crippen molar-refractivity contribution < 1.29 is 28.0 Å². The zero-order valence-corrected chi connectivity index (χ0v) is 17.2. The third kappa shape index (κ3) is 2.96. The molecule has 0 aliphatic carbocycles. The summed E-state index contributed by atoms with van der Waals surface area (Å²) < 4.78 is 16.3. The number of urea groups is 1. The Bertz CT molecular complexity index is 1170. The van der Waals surface area contributed by atoms with Crippen LogP contribution in [0.15, 0.2) is 39.2 Å². The Morgan fingerprint density at radius 2 is 1.93 bits per heavy atom. The van der Waals surface area contributed by atoms with Gasteiger partial charge in [-0.05, 0) is 39.8 Å². The number of amides is 3. The van der Waals surface area contributed by atoms with Gasteiger partial charge in [0, 0.05) is 16.5 Å². The average molecular weight is 410 g/mol. The van der Waals surface area contributed by atoms with E-state index in [4.69, 9.17) is 13.6 Å². The van der Waals surface area contributed by atoms with E-state index >= 15 is 0 Å². The Morgan fingerprint density at radius 1 is 1.20 bits per heavy atom. The summed E-state index contributed by atoms with van der Waals surface area (Å²) >= 11 is 0. The lowest BCUT2D eigenvalue weighted by molar-refractivity contribution is -0.131. The third-order valence-corrected chi connectivity index (χ3v) is 5.33. The number of furan rings is 2. The molecule has 156 valence electrons. The lowest BCUT2D eigenvalue weighted by Crippen LogP contribution is -2.41. The fourth-order valence-electron chi connectivity index (χ4n) is 3.93. The zero-order chi connectivity index (χ0) is 21.6. The number of ether oxygens (including phenoxy) is 1. The predicted molar refractivity (Wildman–Crippen MR) is 107 cm³/mol. The number of aryl methyl sites for hydroxylation is 2. The highest BCUT2D eigenvalue weighted by molar-refractivity contribution is 6.08. The van der Waals surface area contributed by atoms with Crippen LogP contribution in [0.5, 0.6) is 0 Å². The van der Waals surface area contributed by atoms with Gasteiger partial charge in [-0.1, -0.05) is 18.2 Å². The van der Waals surface area contributed by atoms with Crippen molar-refractivity contribution in [3.8, 4) is 0 Å². The molecule has 1 aliphatic rings. The van der Waals surface area contributed by atoms with Crippen molar-refractivity contribution in [1.82, 2.24) is 10.2 Å². The summed E-state index contributed by atoms with van der Waals surface area (Å²) in [6.45, 7) is 6.92. The van der Waals surface area contributed by atoms with E-state index in [0.29, 0.717) is 33.6 Å². The minimum absolute atomic E-state index is 0.0115. The molecule has 3 amide bonds. The molecule has 8 heteroatoms. The standard InChI is InChI=1S/C22H22N2O6/c1-5-28-19(25)18-15(14-8-6-7-9-17(14)30-18)11-24-20(26)22(4,23-21(24)27)16-10-12(2)29-13(16)3/h6-10H,5,11H2,1-4H3,(H,23,27). The molecule has 1 aliphatic heterocycles. The predicted octanol–water partition coefficient (Wildman–Crippen LogP) is 3.79. The summed E-state index contributed by atoms with van der Waals surface area (Å²) in [5.41, 5.74) is 0.245. The zero-order valence-electron chi connectivity index (χ0n) is 17.2. The van der Waals surface area contributed by atoms with Crippen LogP contribution < -0.4 is 5.32 Å². The lowest BCUT2D eigenvalue weighted by atomic mass is 9.92. The van der Waals surface area contributed by atoms with Crippen molar-refractivity contribution in [2.45, 2.75) is 39.8 Å². The van der Waals surface area contributed by atoms with Crippen LogP contribution in [0.25, 0.3) is 11.0 Å². The van der Waals surface area contributed by atoms with Gasteiger partial charge in [0.15, 0.2) is 0 Å². The number of fused-ring (bicyclic) bond motifs is 1. The number of esters is 1. The monoisotopic (exact) mass is 410 g/mol. The maximum absolute atomic E-state index is 13.3. The number of hydrogen-bond acceptors (Lipinski definition) is 6. The highest BCUT2D eigenvalue weighted by Gasteiger charge is 2.51. The molecule has 1 saturated heterocycles. The van der Waals surface area contributed by atoms with Crippen molar-refractivity contribution in [2.24, 2.45) is 0 Å². The number of carbonyl (C=O) groups excluding carboxylic acids is 3. The number of hydrogen-bond donors (Lipinski definition) is 1. The van der Waals surface area contributed by atoms with E-state index in [1.54, 1.807) is 58.0 Å². The van der Waals surface area contributed by atoms with Crippen molar-refractivity contribution >= 4 is 28.9 Å². The second-order valence-electron chi connectivity index (χ2n) is 7.40. The van der Waals surface area contributed by atoms with Crippen molar-refractivity contribution in [1.29, 1.82) is 0 Å². The number of para-hydroxylation sites is 1. The van der Waals surface area contributed by atoms with Gasteiger partial charge in [0.2, 0.25) is 5.76 Å². The molecule has 0 spiro atoms. The summed E-state index contributed by atoms with van der Waals surface area (Å²) in [7, 11) is 0. The Kier molecular flexibility index (Phi) is 4.64. The first-order valence-corrected chi connectivity index (χ1v) is 9.65. The topological polar surface area (TPSA) is 102 Å². The van der Waals surface area contributed by atoms with E-state index in [1.165, 1.54) is 0 Å². The second-order valence-corrected chi connectivity index (χ2v) is 7.40. The first kappa shape index (κ1) is 19.8. The highest BCUT2D eigenvalue weighted by Crippen LogP contribution is 2.35. The maximum Gasteiger partial charge on any atom is 0.374 e. The molecule has 0 saturated carbocycles. The van der Waals surface area contributed by atoms with E-state index in [2.05, 4.69) is 5.32 Å². The minimum atomic E-state index is -1.26. The molecule has 1 atom stereocenters. The number of nitrogens with one attached hydrogen (secondary N) is 1. The molecule has 8 nitrogen and oxygen atoms in total. The number of benzene rings is 1. The summed E-state index contributed by atoms with van der Waals surface area (Å²) in [6.07, 6.45) is 0. The normalized spacial score (nSPS) is 18.9. The van der Waals surface area contributed by atoms with E-state index < -0.39 is 23.4 Å². The molecular formula is C22H22N2O6. The molecule has 1 aromatic carbocycles. The summed E-state index contributed by atoms with van der Waals surface area (Å²) in [4.78, 5) is 39.6. The first-order chi connectivity index (χ1) is 14.3. The van der Waals surface area contributed by atoms with Gasteiger partial charge in [-0.15, -0.1) is 0 Å². The SMILES string of the molecule is CCOC(=O)c1oc2ccccc2c1CN1C(=O)NC(C)(c2cc(C)oc2C)C1=O. The van der Waals surface area contributed by atoms with Gasteiger partial charge in [-0.3, -0.25) is 9.69 Å². The van der Waals surface area contributed by atoms with Crippen LogP contribution >= 0.6 is 0 Å². The van der Waals surface area contributed by atoms with Gasteiger partial charge in [-0.25, -0.2) is 9.59 Å². The van der Waals surface area contributed by atoms with E-state index in [1.807, 2.05) is 0 Å².